The number of phenols is 1. The molecule has 0 aliphatic heterocycles. The Morgan fingerprint density at radius 2 is 1.65 bits per heavy atom. The van der Waals surface area contributed by atoms with Gasteiger partial charge in [-0.1, -0.05) is 36.4 Å². The normalized spacial score (nSPS) is 10.7. The Labute approximate surface area is 118 Å². The number of benzene rings is 3. The van der Waals surface area contributed by atoms with E-state index in [4.69, 9.17) is 4.74 Å². The lowest BCUT2D eigenvalue weighted by Gasteiger charge is -2.11. The number of fused-ring (bicyclic) bond motifs is 1. The molecule has 1 N–H and O–H groups in total. The van der Waals surface area contributed by atoms with E-state index in [1.807, 2.05) is 18.2 Å². The van der Waals surface area contributed by atoms with Gasteiger partial charge in [-0.3, -0.25) is 0 Å². The molecule has 0 bridgehead atoms. The van der Waals surface area contributed by atoms with Crippen molar-refractivity contribution in [2.24, 2.45) is 0 Å². The molecule has 2 nitrogen and oxygen atoms in total. The highest BCUT2D eigenvalue weighted by atomic mass is 16.5. The van der Waals surface area contributed by atoms with Crippen LogP contribution in [0.25, 0.3) is 21.9 Å². The summed E-state index contributed by atoms with van der Waals surface area (Å²) in [5, 5.41) is 12.2. The van der Waals surface area contributed by atoms with Crippen LogP contribution in [-0.2, 0) is 0 Å². The van der Waals surface area contributed by atoms with Crippen molar-refractivity contribution in [3.05, 3.63) is 60.2 Å². The van der Waals surface area contributed by atoms with E-state index < -0.39 is 0 Å². The van der Waals surface area contributed by atoms with Crippen LogP contribution in [0, 0.1) is 6.92 Å². The van der Waals surface area contributed by atoms with Gasteiger partial charge in [-0.2, -0.15) is 0 Å². The van der Waals surface area contributed by atoms with Gasteiger partial charge in [0.2, 0.25) is 0 Å². The van der Waals surface area contributed by atoms with Crippen molar-refractivity contribution in [3.8, 4) is 22.6 Å². The van der Waals surface area contributed by atoms with Crippen LogP contribution in [0.4, 0.5) is 0 Å². The summed E-state index contributed by atoms with van der Waals surface area (Å²) in [4.78, 5) is 0. The van der Waals surface area contributed by atoms with Crippen LogP contribution >= 0.6 is 0 Å². The molecule has 20 heavy (non-hydrogen) atoms. The van der Waals surface area contributed by atoms with Gasteiger partial charge in [0.05, 0.1) is 7.11 Å². The zero-order valence-electron chi connectivity index (χ0n) is 11.6. The molecule has 0 amide bonds. The molecule has 0 saturated heterocycles. The highest BCUT2D eigenvalue weighted by Crippen LogP contribution is 2.34. The van der Waals surface area contributed by atoms with E-state index in [9.17, 15) is 5.11 Å². The number of rotatable bonds is 2. The van der Waals surface area contributed by atoms with Gasteiger partial charge in [-0.15, -0.1) is 0 Å². The van der Waals surface area contributed by atoms with Crippen LogP contribution in [0.5, 0.6) is 11.5 Å². The summed E-state index contributed by atoms with van der Waals surface area (Å²) >= 11 is 0. The third-order valence-electron chi connectivity index (χ3n) is 3.58. The molecule has 0 aliphatic carbocycles. The van der Waals surface area contributed by atoms with Crippen molar-refractivity contribution in [3.63, 3.8) is 0 Å². The van der Waals surface area contributed by atoms with Gasteiger partial charge in [0.25, 0.3) is 0 Å². The quantitative estimate of drug-likeness (QED) is 0.737. The molecule has 0 aromatic heterocycles. The van der Waals surface area contributed by atoms with Gasteiger partial charge in [0, 0.05) is 6.07 Å². The first kappa shape index (κ1) is 12.5. The fourth-order valence-electron chi connectivity index (χ4n) is 2.56. The van der Waals surface area contributed by atoms with E-state index in [-0.39, 0.29) is 5.75 Å². The third kappa shape index (κ3) is 2.10. The predicted octanol–water partition coefficient (Wildman–Crippen LogP) is 4.53. The van der Waals surface area contributed by atoms with Gasteiger partial charge in [-0.25, -0.2) is 0 Å². The second kappa shape index (κ2) is 4.89. The summed E-state index contributed by atoms with van der Waals surface area (Å²) in [6.45, 7) is 2.11. The molecule has 0 fully saturated rings. The van der Waals surface area contributed by atoms with Crippen molar-refractivity contribution in [2.75, 3.05) is 7.11 Å². The molecule has 0 heterocycles. The lowest BCUT2D eigenvalue weighted by Crippen LogP contribution is -1.87. The molecule has 100 valence electrons. The van der Waals surface area contributed by atoms with Gasteiger partial charge >= 0.3 is 0 Å². The Bertz CT molecular complexity index is 775. The number of hydrogen-bond donors (Lipinski definition) is 1. The Morgan fingerprint density at radius 1 is 0.900 bits per heavy atom. The Hall–Kier alpha value is -2.48. The average molecular weight is 264 g/mol. The molecule has 3 aromatic rings. The van der Waals surface area contributed by atoms with Crippen LogP contribution in [0.3, 0.4) is 0 Å². The van der Waals surface area contributed by atoms with E-state index in [0.717, 1.165) is 11.1 Å². The maximum Gasteiger partial charge on any atom is 0.123 e. The smallest absolute Gasteiger partial charge is 0.123 e. The number of hydrogen-bond acceptors (Lipinski definition) is 2. The number of aryl methyl sites for hydroxylation is 1. The lowest BCUT2D eigenvalue weighted by atomic mass is 9.95. The minimum atomic E-state index is 0.212. The maximum absolute atomic E-state index is 9.83. The Morgan fingerprint density at radius 3 is 2.40 bits per heavy atom. The molecule has 0 radical (unpaired) electrons. The maximum atomic E-state index is 9.83. The largest absolute Gasteiger partial charge is 0.508 e. The van der Waals surface area contributed by atoms with E-state index >= 15 is 0 Å². The summed E-state index contributed by atoms with van der Waals surface area (Å²) < 4.78 is 5.23. The Kier molecular flexibility index (Phi) is 3.07. The molecule has 0 aliphatic rings. The second-order valence-electron chi connectivity index (χ2n) is 4.90. The lowest BCUT2D eigenvalue weighted by molar-refractivity contribution is 0.408. The zero-order valence-corrected chi connectivity index (χ0v) is 11.6. The molecular weight excluding hydrogens is 248 g/mol. The third-order valence-corrected chi connectivity index (χ3v) is 3.58. The summed E-state index contributed by atoms with van der Waals surface area (Å²) in [7, 11) is 1.60. The van der Waals surface area contributed by atoms with Crippen molar-refractivity contribution >= 4 is 10.8 Å². The molecular formula is C18H16O2. The van der Waals surface area contributed by atoms with Crippen LogP contribution in [0.15, 0.2) is 54.6 Å². The summed E-state index contributed by atoms with van der Waals surface area (Å²) in [5.74, 6) is 0.869. The summed E-state index contributed by atoms with van der Waals surface area (Å²) in [6.07, 6.45) is 0. The summed E-state index contributed by atoms with van der Waals surface area (Å²) in [6, 6.07) is 17.8. The second-order valence-corrected chi connectivity index (χ2v) is 4.90. The highest BCUT2D eigenvalue weighted by Gasteiger charge is 2.08. The van der Waals surface area contributed by atoms with Crippen molar-refractivity contribution in [1.29, 1.82) is 0 Å². The fraction of sp³-hybridized carbons (Fsp3) is 0.111. The van der Waals surface area contributed by atoms with Gasteiger partial charge < -0.3 is 9.84 Å². The predicted molar refractivity (Wildman–Crippen MR) is 82.3 cm³/mol. The number of phenolic OH excluding ortho intramolecular Hbond substituents is 1. The van der Waals surface area contributed by atoms with Crippen LogP contribution in [0.1, 0.15) is 5.56 Å². The van der Waals surface area contributed by atoms with Crippen LogP contribution < -0.4 is 4.74 Å². The molecule has 3 aromatic carbocycles. The SMILES string of the molecule is COc1cc(O)cc(-c2ccc(C)c3ccccc23)c1. The van der Waals surface area contributed by atoms with Gasteiger partial charge in [-0.05, 0) is 46.5 Å². The molecule has 2 heteroatoms. The van der Waals surface area contributed by atoms with E-state index in [1.54, 1.807) is 19.2 Å². The van der Waals surface area contributed by atoms with E-state index in [1.165, 1.54) is 16.3 Å². The first-order valence-electron chi connectivity index (χ1n) is 6.56. The van der Waals surface area contributed by atoms with Crippen LogP contribution in [-0.4, -0.2) is 12.2 Å². The van der Waals surface area contributed by atoms with Crippen molar-refractivity contribution < 1.29 is 9.84 Å². The first-order valence-corrected chi connectivity index (χ1v) is 6.56. The average Bonchev–Trinajstić information content (AvgIpc) is 2.47. The molecule has 0 spiro atoms. The van der Waals surface area contributed by atoms with Crippen LogP contribution in [0.2, 0.25) is 0 Å². The molecule has 3 rings (SSSR count). The number of methoxy groups -OCH3 is 1. The minimum absolute atomic E-state index is 0.212. The standard InChI is InChI=1S/C18H16O2/c1-12-7-8-17(18-6-4-3-5-16(12)18)13-9-14(19)11-15(10-13)20-2/h3-11,19H,1-2H3. The monoisotopic (exact) mass is 264 g/mol. The Balaban J connectivity index is 2.30. The summed E-state index contributed by atoms with van der Waals surface area (Å²) in [5.41, 5.74) is 3.30. The number of ether oxygens (including phenoxy) is 1. The molecule has 0 unspecified atom stereocenters. The van der Waals surface area contributed by atoms with Crippen molar-refractivity contribution in [2.45, 2.75) is 6.92 Å². The molecule has 0 saturated carbocycles. The number of aromatic hydroxyl groups is 1. The highest BCUT2D eigenvalue weighted by molar-refractivity contribution is 5.98. The van der Waals surface area contributed by atoms with E-state index in [0.29, 0.717) is 5.75 Å². The molecule has 0 atom stereocenters. The fourth-order valence-corrected chi connectivity index (χ4v) is 2.56. The topological polar surface area (TPSA) is 29.5 Å². The minimum Gasteiger partial charge on any atom is -0.508 e. The first-order chi connectivity index (χ1) is 9.69. The van der Waals surface area contributed by atoms with E-state index in [2.05, 4.69) is 31.2 Å². The zero-order chi connectivity index (χ0) is 14.1. The van der Waals surface area contributed by atoms with Gasteiger partial charge in [0.15, 0.2) is 0 Å². The van der Waals surface area contributed by atoms with Gasteiger partial charge in [0.1, 0.15) is 11.5 Å². The van der Waals surface area contributed by atoms with Crippen molar-refractivity contribution in [1.82, 2.24) is 0 Å².